The van der Waals surface area contributed by atoms with E-state index >= 15 is 0 Å². The molecule has 0 aliphatic heterocycles. The Labute approximate surface area is 101 Å². The summed E-state index contributed by atoms with van der Waals surface area (Å²) in [6.45, 7) is 3.83. The van der Waals surface area contributed by atoms with Gasteiger partial charge in [0.25, 0.3) is 6.01 Å². The van der Waals surface area contributed by atoms with Crippen LogP contribution in [0.25, 0.3) is 0 Å². The molecule has 0 spiro atoms. The monoisotopic (exact) mass is 253 g/mol. The number of rotatable bonds is 4. The third-order valence-corrected chi connectivity index (χ3v) is 3.21. The van der Waals surface area contributed by atoms with E-state index in [-0.39, 0.29) is 11.7 Å². The van der Waals surface area contributed by atoms with Crippen LogP contribution in [-0.4, -0.2) is 21.0 Å². The molecule has 0 bridgehead atoms. The molecule has 0 aliphatic rings. The zero-order valence-corrected chi connectivity index (χ0v) is 10.1. The van der Waals surface area contributed by atoms with E-state index in [1.807, 2.05) is 19.2 Å². The molecule has 2 heterocycles. The lowest BCUT2D eigenvalue weighted by atomic mass is 10.1. The number of carboxylic acid groups (broad SMARTS) is 1. The maximum Gasteiger partial charge on any atom is 0.357 e. The minimum Gasteiger partial charge on any atom is -0.476 e. The summed E-state index contributed by atoms with van der Waals surface area (Å²) in [5.41, 5.74) is -0.586. The molecule has 7 heteroatoms. The first kappa shape index (κ1) is 11.6. The van der Waals surface area contributed by atoms with E-state index in [9.17, 15) is 4.79 Å². The number of anilines is 1. The maximum atomic E-state index is 10.6. The lowest BCUT2D eigenvalue weighted by Gasteiger charge is -2.22. The topological polar surface area (TPSA) is 88.2 Å². The fourth-order valence-corrected chi connectivity index (χ4v) is 2.00. The average Bonchev–Trinajstić information content (AvgIpc) is 2.85. The molecule has 2 aromatic heterocycles. The van der Waals surface area contributed by atoms with Crippen molar-refractivity contribution in [1.29, 1.82) is 0 Å². The molecule has 0 unspecified atom stereocenters. The molecule has 90 valence electrons. The van der Waals surface area contributed by atoms with Crippen molar-refractivity contribution in [3.05, 3.63) is 28.5 Å². The molecule has 0 atom stereocenters. The predicted molar refractivity (Wildman–Crippen MR) is 62.2 cm³/mol. The largest absolute Gasteiger partial charge is 0.476 e. The second-order valence-electron chi connectivity index (χ2n) is 3.93. The smallest absolute Gasteiger partial charge is 0.357 e. The molecule has 0 aliphatic carbocycles. The zero-order valence-electron chi connectivity index (χ0n) is 9.30. The Hall–Kier alpha value is -1.89. The van der Waals surface area contributed by atoms with Crippen molar-refractivity contribution >= 4 is 23.3 Å². The summed E-state index contributed by atoms with van der Waals surface area (Å²) in [5.74, 6) is -1.12. The Balaban J connectivity index is 2.17. The standard InChI is InChI=1S/C10H11N3O3S/c1-10(2,8-11-3-4-17-8)13-9-12-6(5-16-9)7(14)15/h3-5H,1-2H3,(H,12,13)(H,14,15). The average molecular weight is 253 g/mol. The van der Waals surface area contributed by atoms with E-state index < -0.39 is 11.5 Å². The van der Waals surface area contributed by atoms with Gasteiger partial charge in [-0.15, -0.1) is 11.3 Å². The SMILES string of the molecule is CC(C)(Nc1nc(C(=O)O)co1)c1nccs1. The van der Waals surface area contributed by atoms with Crippen LogP contribution in [0.3, 0.4) is 0 Å². The number of thiazole rings is 1. The van der Waals surface area contributed by atoms with Crippen LogP contribution in [-0.2, 0) is 5.54 Å². The van der Waals surface area contributed by atoms with Gasteiger partial charge in [-0.2, -0.15) is 4.98 Å². The minimum absolute atomic E-state index is 0.123. The number of nitrogens with one attached hydrogen (secondary N) is 1. The summed E-state index contributed by atoms with van der Waals surface area (Å²) in [6.07, 6.45) is 2.81. The molecule has 0 radical (unpaired) electrons. The number of aromatic carboxylic acids is 1. The van der Waals surface area contributed by atoms with Crippen LogP contribution in [0, 0.1) is 0 Å². The molecule has 17 heavy (non-hydrogen) atoms. The molecule has 2 rings (SSSR count). The summed E-state index contributed by atoms with van der Waals surface area (Å²) in [5, 5.41) is 14.5. The van der Waals surface area contributed by atoms with Crippen LogP contribution in [0.4, 0.5) is 6.01 Å². The van der Waals surface area contributed by atoms with Crippen molar-refractivity contribution in [2.45, 2.75) is 19.4 Å². The number of aromatic nitrogens is 2. The molecular weight excluding hydrogens is 242 g/mol. The van der Waals surface area contributed by atoms with Gasteiger partial charge in [0.15, 0.2) is 5.69 Å². The molecule has 0 saturated heterocycles. The van der Waals surface area contributed by atoms with Crippen LogP contribution >= 0.6 is 11.3 Å². The summed E-state index contributed by atoms with van der Waals surface area (Å²) in [4.78, 5) is 18.6. The fraction of sp³-hybridized carbons (Fsp3) is 0.300. The van der Waals surface area contributed by atoms with Crippen LogP contribution < -0.4 is 5.32 Å². The molecule has 0 amide bonds. The Morgan fingerprint density at radius 1 is 1.59 bits per heavy atom. The third-order valence-electron chi connectivity index (χ3n) is 2.11. The number of hydrogen-bond donors (Lipinski definition) is 2. The van der Waals surface area contributed by atoms with Crippen molar-refractivity contribution in [3.8, 4) is 0 Å². The van der Waals surface area contributed by atoms with E-state index in [0.717, 1.165) is 11.3 Å². The third kappa shape index (κ3) is 2.44. The van der Waals surface area contributed by atoms with Gasteiger partial charge in [-0.3, -0.25) is 0 Å². The van der Waals surface area contributed by atoms with Crippen molar-refractivity contribution in [2.24, 2.45) is 0 Å². The van der Waals surface area contributed by atoms with Gasteiger partial charge in [0.2, 0.25) is 0 Å². The molecule has 0 fully saturated rings. The molecule has 6 nitrogen and oxygen atoms in total. The lowest BCUT2D eigenvalue weighted by molar-refractivity contribution is 0.0690. The molecule has 2 aromatic rings. The number of oxazole rings is 1. The quantitative estimate of drug-likeness (QED) is 0.868. The number of carboxylic acids is 1. The van der Waals surface area contributed by atoms with Crippen molar-refractivity contribution in [2.75, 3.05) is 5.32 Å². The van der Waals surface area contributed by atoms with Crippen LogP contribution in [0.5, 0.6) is 0 Å². The normalized spacial score (nSPS) is 11.4. The molecule has 0 saturated carbocycles. The van der Waals surface area contributed by atoms with E-state index in [1.54, 1.807) is 6.20 Å². The van der Waals surface area contributed by atoms with Crippen LogP contribution in [0.1, 0.15) is 29.3 Å². The highest BCUT2D eigenvalue weighted by molar-refractivity contribution is 7.09. The summed E-state index contributed by atoms with van der Waals surface area (Å²) in [6, 6.07) is 0.169. The Morgan fingerprint density at radius 2 is 2.35 bits per heavy atom. The lowest BCUT2D eigenvalue weighted by Crippen LogP contribution is -2.27. The second-order valence-corrected chi connectivity index (χ2v) is 4.82. The highest BCUT2D eigenvalue weighted by atomic mass is 32.1. The molecule has 0 aromatic carbocycles. The van der Waals surface area contributed by atoms with Crippen LogP contribution in [0.2, 0.25) is 0 Å². The van der Waals surface area contributed by atoms with Crippen molar-refractivity contribution in [3.63, 3.8) is 0 Å². The first-order valence-electron chi connectivity index (χ1n) is 4.86. The van der Waals surface area contributed by atoms with Gasteiger partial charge in [-0.1, -0.05) is 0 Å². The first-order valence-corrected chi connectivity index (χ1v) is 5.74. The Kier molecular flexibility index (Phi) is 2.84. The summed E-state index contributed by atoms with van der Waals surface area (Å²) >= 11 is 1.50. The van der Waals surface area contributed by atoms with Crippen LogP contribution in [0.15, 0.2) is 22.3 Å². The number of nitrogens with zero attached hydrogens (tertiary/aromatic N) is 2. The van der Waals surface area contributed by atoms with Gasteiger partial charge >= 0.3 is 5.97 Å². The maximum absolute atomic E-state index is 10.6. The predicted octanol–water partition coefficient (Wildman–Crippen LogP) is 2.18. The summed E-state index contributed by atoms with van der Waals surface area (Å²) < 4.78 is 5.03. The molecule has 2 N–H and O–H groups in total. The summed E-state index contributed by atoms with van der Waals surface area (Å²) in [7, 11) is 0. The van der Waals surface area contributed by atoms with E-state index in [2.05, 4.69) is 15.3 Å². The highest BCUT2D eigenvalue weighted by Crippen LogP contribution is 2.26. The Morgan fingerprint density at radius 3 is 2.88 bits per heavy atom. The van der Waals surface area contributed by atoms with E-state index in [4.69, 9.17) is 9.52 Å². The van der Waals surface area contributed by atoms with Gasteiger partial charge in [-0.05, 0) is 13.8 Å². The van der Waals surface area contributed by atoms with Gasteiger partial charge in [0.05, 0.1) is 5.54 Å². The van der Waals surface area contributed by atoms with E-state index in [0.29, 0.717) is 0 Å². The fourth-order valence-electron chi connectivity index (χ4n) is 1.28. The van der Waals surface area contributed by atoms with Gasteiger partial charge in [0.1, 0.15) is 11.3 Å². The zero-order chi connectivity index (χ0) is 12.5. The van der Waals surface area contributed by atoms with Crippen molar-refractivity contribution < 1.29 is 14.3 Å². The van der Waals surface area contributed by atoms with Gasteiger partial charge in [-0.25, -0.2) is 9.78 Å². The van der Waals surface area contributed by atoms with Gasteiger partial charge in [0, 0.05) is 11.6 Å². The minimum atomic E-state index is -1.12. The second kappa shape index (κ2) is 4.17. The van der Waals surface area contributed by atoms with Gasteiger partial charge < -0.3 is 14.8 Å². The highest BCUT2D eigenvalue weighted by Gasteiger charge is 2.25. The Bertz CT molecular complexity index is 519. The van der Waals surface area contributed by atoms with Crippen molar-refractivity contribution in [1.82, 2.24) is 9.97 Å². The first-order chi connectivity index (χ1) is 7.99. The number of carbonyl (C=O) groups is 1. The molecular formula is C10H11N3O3S. The number of hydrogen-bond acceptors (Lipinski definition) is 6. The van der Waals surface area contributed by atoms with E-state index in [1.165, 1.54) is 11.3 Å².